The topological polar surface area (TPSA) is 92.5 Å². The number of likely N-dealkylation sites (N-methyl/N-ethyl adjacent to an activating group) is 1. The third kappa shape index (κ3) is 24.5. The average Bonchev–Trinajstić information content (AvgIpc) is 2.00. The summed E-state index contributed by atoms with van der Waals surface area (Å²) in [6.07, 6.45) is 1.18. The average molecular weight is 220 g/mol. The van der Waals surface area contributed by atoms with Crippen LogP contribution in [0.4, 0.5) is 0 Å². The van der Waals surface area contributed by atoms with Crippen molar-refractivity contribution < 1.29 is 19.1 Å². The van der Waals surface area contributed by atoms with E-state index < -0.39 is 5.09 Å². The number of quaternary nitrogens is 1. The van der Waals surface area contributed by atoms with Crippen molar-refractivity contribution in [2.75, 3.05) is 34.3 Å². The zero-order valence-corrected chi connectivity index (χ0v) is 9.13. The molecule has 0 spiro atoms. The van der Waals surface area contributed by atoms with Crippen LogP contribution in [-0.2, 0) is 9.53 Å². The molecule has 0 aromatic rings. The first-order chi connectivity index (χ1) is 6.69. The molecule has 0 rings (SSSR count). The third-order valence-electron chi connectivity index (χ3n) is 1.17. The van der Waals surface area contributed by atoms with Crippen molar-refractivity contribution in [3.05, 3.63) is 28.0 Å². The van der Waals surface area contributed by atoms with Crippen molar-refractivity contribution in [1.82, 2.24) is 0 Å². The second-order valence-electron chi connectivity index (χ2n) is 3.61. The van der Waals surface area contributed by atoms with E-state index in [0.29, 0.717) is 6.61 Å². The van der Waals surface area contributed by atoms with Crippen LogP contribution in [0.15, 0.2) is 12.7 Å². The summed E-state index contributed by atoms with van der Waals surface area (Å²) in [6, 6.07) is 0. The monoisotopic (exact) mass is 220 g/mol. The van der Waals surface area contributed by atoms with E-state index in [9.17, 15) is 4.79 Å². The summed E-state index contributed by atoms with van der Waals surface area (Å²) < 4.78 is 5.59. The fourth-order valence-electron chi connectivity index (χ4n) is 0.479. The molecule has 0 aromatic heterocycles. The number of ether oxygens (including phenoxy) is 1. The molecule has 0 saturated carbocycles. The molecule has 0 aliphatic rings. The van der Waals surface area contributed by atoms with Crippen molar-refractivity contribution in [2.24, 2.45) is 0 Å². The van der Waals surface area contributed by atoms with E-state index in [1.54, 1.807) is 0 Å². The molecule has 0 unspecified atom stereocenters. The number of hydrogen-bond donors (Lipinski definition) is 0. The van der Waals surface area contributed by atoms with Gasteiger partial charge >= 0.3 is 5.97 Å². The number of carbonyl (C=O) groups is 1. The van der Waals surface area contributed by atoms with Gasteiger partial charge in [-0.05, 0) is 0 Å². The van der Waals surface area contributed by atoms with Crippen LogP contribution in [0.3, 0.4) is 0 Å². The highest BCUT2D eigenvalue weighted by Gasteiger charge is 2.06. The van der Waals surface area contributed by atoms with Gasteiger partial charge in [-0.2, -0.15) is 0 Å². The fourth-order valence-corrected chi connectivity index (χ4v) is 0.479. The normalized spacial score (nSPS) is 9.53. The molecule has 0 fully saturated rings. The van der Waals surface area contributed by atoms with Gasteiger partial charge < -0.3 is 24.5 Å². The molecule has 0 aliphatic heterocycles. The van der Waals surface area contributed by atoms with Crippen molar-refractivity contribution >= 4 is 5.97 Å². The molecular weight excluding hydrogens is 204 g/mol. The first-order valence-electron chi connectivity index (χ1n) is 4.10. The standard InChI is InChI=1S/C8H16NO2.NO3/c1-5-8(10)11-7-6-9(2,3)4;2-1(3)4/h5H,1,6-7H2,2-4H3;/q+1;-1. The van der Waals surface area contributed by atoms with Crippen LogP contribution in [0.25, 0.3) is 0 Å². The second-order valence-corrected chi connectivity index (χ2v) is 3.61. The number of rotatable bonds is 4. The van der Waals surface area contributed by atoms with Gasteiger partial charge in [0, 0.05) is 6.08 Å². The SMILES string of the molecule is C=CC(=O)OCC[N+](C)(C)C.O=[N+]([O-])[O-]. The summed E-state index contributed by atoms with van der Waals surface area (Å²) in [5.74, 6) is -0.349. The summed E-state index contributed by atoms with van der Waals surface area (Å²) in [5, 5.41) is 14.8. The minimum absolute atomic E-state index is 0.349. The first kappa shape index (κ1) is 15.8. The molecule has 0 heterocycles. The van der Waals surface area contributed by atoms with Crippen LogP contribution in [0, 0.1) is 15.3 Å². The minimum atomic E-state index is -1.75. The summed E-state index contributed by atoms with van der Waals surface area (Å²) >= 11 is 0. The Morgan fingerprint density at radius 2 is 1.87 bits per heavy atom. The summed E-state index contributed by atoms with van der Waals surface area (Å²) in [6.45, 7) is 4.57. The molecule has 0 radical (unpaired) electrons. The van der Waals surface area contributed by atoms with E-state index in [0.717, 1.165) is 11.0 Å². The lowest BCUT2D eigenvalue weighted by molar-refractivity contribution is -0.870. The maximum Gasteiger partial charge on any atom is 0.330 e. The highest BCUT2D eigenvalue weighted by Crippen LogP contribution is 1.89. The van der Waals surface area contributed by atoms with Gasteiger partial charge in [-0.3, -0.25) is 0 Å². The first-order valence-corrected chi connectivity index (χ1v) is 4.10. The van der Waals surface area contributed by atoms with Crippen LogP contribution < -0.4 is 0 Å². The number of hydrogen-bond acceptors (Lipinski definition) is 5. The predicted octanol–water partition coefficient (Wildman–Crippen LogP) is 0.183. The molecule has 0 aromatic carbocycles. The molecule has 0 aliphatic carbocycles. The lowest BCUT2D eigenvalue weighted by atomic mass is 10.5. The zero-order chi connectivity index (χ0) is 12.5. The van der Waals surface area contributed by atoms with Crippen LogP contribution in [0.5, 0.6) is 0 Å². The molecule has 0 bridgehead atoms. The minimum Gasteiger partial charge on any atom is -0.457 e. The molecule has 0 amide bonds. The van der Waals surface area contributed by atoms with Gasteiger partial charge in [0.05, 0.1) is 26.2 Å². The van der Waals surface area contributed by atoms with E-state index in [2.05, 4.69) is 6.58 Å². The predicted molar refractivity (Wildman–Crippen MR) is 54.4 cm³/mol. The Bertz CT molecular complexity index is 218. The molecule has 0 saturated heterocycles. The lowest BCUT2D eigenvalue weighted by Gasteiger charge is -2.23. The lowest BCUT2D eigenvalue weighted by Crippen LogP contribution is -2.37. The Balaban J connectivity index is 0. The summed E-state index contributed by atoms with van der Waals surface area (Å²) in [7, 11) is 6.13. The smallest absolute Gasteiger partial charge is 0.330 e. The van der Waals surface area contributed by atoms with E-state index in [4.69, 9.17) is 20.1 Å². The van der Waals surface area contributed by atoms with Crippen molar-refractivity contribution in [3.8, 4) is 0 Å². The molecule has 15 heavy (non-hydrogen) atoms. The van der Waals surface area contributed by atoms with Gasteiger partial charge in [0.1, 0.15) is 13.2 Å². The molecular formula is C8H16N2O5. The Labute approximate surface area is 88.3 Å². The van der Waals surface area contributed by atoms with Crippen LogP contribution >= 0.6 is 0 Å². The largest absolute Gasteiger partial charge is 0.457 e. The summed E-state index contributed by atoms with van der Waals surface area (Å²) in [5.41, 5.74) is 0. The highest BCUT2D eigenvalue weighted by molar-refractivity contribution is 5.81. The van der Waals surface area contributed by atoms with Crippen molar-refractivity contribution in [3.63, 3.8) is 0 Å². The Kier molecular flexibility index (Phi) is 8.17. The molecule has 88 valence electrons. The summed E-state index contributed by atoms with van der Waals surface area (Å²) in [4.78, 5) is 18.8. The van der Waals surface area contributed by atoms with Gasteiger partial charge in [0.25, 0.3) is 0 Å². The van der Waals surface area contributed by atoms with Gasteiger partial charge in [-0.1, -0.05) is 6.58 Å². The van der Waals surface area contributed by atoms with Crippen LogP contribution in [-0.4, -0.2) is 49.8 Å². The van der Waals surface area contributed by atoms with Gasteiger partial charge in [0.15, 0.2) is 0 Å². The van der Waals surface area contributed by atoms with Crippen molar-refractivity contribution in [1.29, 1.82) is 0 Å². The Hall–Kier alpha value is -1.63. The Morgan fingerprint density at radius 3 is 2.13 bits per heavy atom. The third-order valence-corrected chi connectivity index (χ3v) is 1.17. The number of esters is 1. The fraction of sp³-hybridized carbons (Fsp3) is 0.625. The highest BCUT2D eigenvalue weighted by atomic mass is 16.9. The van der Waals surface area contributed by atoms with E-state index in [1.807, 2.05) is 21.1 Å². The molecule has 7 heteroatoms. The zero-order valence-electron chi connectivity index (χ0n) is 9.13. The van der Waals surface area contributed by atoms with Crippen molar-refractivity contribution in [2.45, 2.75) is 0 Å². The second kappa shape index (κ2) is 7.74. The molecule has 7 nitrogen and oxygen atoms in total. The number of carbonyl (C=O) groups excluding carboxylic acids is 1. The van der Waals surface area contributed by atoms with E-state index in [-0.39, 0.29) is 5.97 Å². The van der Waals surface area contributed by atoms with Gasteiger partial charge in [0.2, 0.25) is 0 Å². The molecule has 0 atom stereocenters. The van der Waals surface area contributed by atoms with Gasteiger partial charge in [-0.25, -0.2) is 4.79 Å². The van der Waals surface area contributed by atoms with E-state index in [1.165, 1.54) is 6.08 Å². The maximum absolute atomic E-state index is 10.6. The van der Waals surface area contributed by atoms with Gasteiger partial charge in [-0.15, -0.1) is 0 Å². The maximum atomic E-state index is 10.6. The van der Waals surface area contributed by atoms with Crippen LogP contribution in [0.2, 0.25) is 0 Å². The Morgan fingerprint density at radius 1 is 1.47 bits per heavy atom. The number of nitrogens with zero attached hydrogens (tertiary/aromatic N) is 2. The van der Waals surface area contributed by atoms with Crippen LogP contribution in [0.1, 0.15) is 0 Å². The quantitative estimate of drug-likeness (QED) is 0.221. The van der Waals surface area contributed by atoms with E-state index >= 15 is 0 Å². The molecule has 0 N–H and O–H groups in total.